The maximum absolute atomic E-state index is 11.8. The molecular weight excluding hydrogens is 236 g/mol. The first-order chi connectivity index (χ1) is 9.02. The van der Waals surface area contributed by atoms with Gasteiger partial charge < -0.3 is 10.7 Å². The summed E-state index contributed by atoms with van der Waals surface area (Å²) in [4.78, 5) is 14.6. The van der Waals surface area contributed by atoms with E-state index in [0.717, 1.165) is 23.2 Å². The Balaban J connectivity index is 2.53. The smallest absolute Gasteiger partial charge is 0.271 e. The molecule has 2 rings (SSSR count). The Morgan fingerprint density at radius 1 is 1.21 bits per heavy atom. The number of anilines is 1. The molecular formula is C16H20N2O. The molecule has 0 aliphatic carbocycles. The van der Waals surface area contributed by atoms with Crippen LogP contribution in [-0.4, -0.2) is 4.98 Å². The fourth-order valence-corrected chi connectivity index (χ4v) is 2.55. The van der Waals surface area contributed by atoms with E-state index in [1.807, 2.05) is 13.0 Å². The molecule has 0 amide bonds. The van der Waals surface area contributed by atoms with E-state index in [9.17, 15) is 4.79 Å². The highest BCUT2D eigenvalue weighted by Gasteiger charge is 2.12. The fraction of sp³-hybridized carbons (Fsp3) is 0.312. The van der Waals surface area contributed by atoms with Crippen molar-refractivity contribution >= 4 is 5.69 Å². The molecule has 0 radical (unpaired) electrons. The number of aromatic amines is 1. The lowest BCUT2D eigenvalue weighted by atomic mass is 9.95. The van der Waals surface area contributed by atoms with Crippen molar-refractivity contribution < 1.29 is 0 Å². The lowest BCUT2D eigenvalue weighted by Crippen LogP contribution is -2.19. The number of nitrogens with two attached hydrogens (primary N) is 1. The number of benzene rings is 1. The average Bonchev–Trinajstić information content (AvgIpc) is 2.36. The molecule has 0 bridgehead atoms. The standard InChI is InChI=1S/C16H20N2O/c1-4-13-11(3)18-16(19)15(17)14(13)9-12-7-5-6-10(2)8-12/h5-8H,4,9,17H2,1-3H3,(H,18,19). The lowest BCUT2D eigenvalue weighted by molar-refractivity contribution is 0.979. The number of aryl methyl sites for hydroxylation is 2. The van der Waals surface area contributed by atoms with Gasteiger partial charge >= 0.3 is 0 Å². The summed E-state index contributed by atoms with van der Waals surface area (Å²) in [6.07, 6.45) is 1.58. The van der Waals surface area contributed by atoms with Gasteiger partial charge in [0.25, 0.3) is 5.56 Å². The minimum atomic E-state index is -0.183. The topological polar surface area (TPSA) is 58.9 Å². The van der Waals surface area contributed by atoms with E-state index in [1.165, 1.54) is 11.1 Å². The first-order valence-corrected chi connectivity index (χ1v) is 6.58. The Morgan fingerprint density at radius 3 is 2.58 bits per heavy atom. The Bertz CT molecular complexity index is 656. The van der Waals surface area contributed by atoms with Crippen LogP contribution in [0.5, 0.6) is 0 Å². The SMILES string of the molecule is CCc1c(C)[nH]c(=O)c(N)c1Cc1cccc(C)c1. The van der Waals surface area contributed by atoms with E-state index in [1.54, 1.807) is 0 Å². The Hall–Kier alpha value is -2.03. The number of H-pyrrole nitrogens is 1. The molecule has 2 aromatic rings. The quantitative estimate of drug-likeness (QED) is 0.887. The van der Waals surface area contributed by atoms with Crippen LogP contribution in [0.25, 0.3) is 0 Å². The minimum absolute atomic E-state index is 0.183. The molecule has 0 saturated heterocycles. The van der Waals surface area contributed by atoms with Crippen LogP contribution in [-0.2, 0) is 12.8 Å². The van der Waals surface area contributed by atoms with Crippen molar-refractivity contribution in [2.75, 3.05) is 5.73 Å². The zero-order valence-electron chi connectivity index (χ0n) is 11.7. The van der Waals surface area contributed by atoms with Crippen LogP contribution in [0, 0.1) is 13.8 Å². The summed E-state index contributed by atoms with van der Waals surface area (Å²) in [6.45, 7) is 6.08. The Kier molecular flexibility index (Phi) is 3.74. The van der Waals surface area contributed by atoms with Gasteiger partial charge in [-0.25, -0.2) is 0 Å². The Labute approximate surface area is 113 Å². The van der Waals surface area contributed by atoms with Crippen molar-refractivity contribution in [2.45, 2.75) is 33.6 Å². The van der Waals surface area contributed by atoms with E-state index >= 15 is 0 Å². The molecule has 1 heterocycles. The maximum atomic E-state index is 11.8. The van der Waals surface area contributed by atoms with Gasteiger partial charge in [0.1, 0.15) is 5.69 Å². The predicted octanol–water partition coefficient (Wildman–Crippen LogP) is 2.73. The van der Waals surface area contributed by atoms with Gasteiger partial charge in [0.05, 0.1) is 0 Å². The number of nitrogen functional groups attached to an aromatic ring is 1. The molecule has 3 N–H and O–H groups in total. The van der Waals surface area contributed by atoms with Crippen molar-refractivity contribution in [3.63, 3.8) is 0 Å². The second-order valence-electron chi connectivity index (χ2n) is 4.97. The van der Waals surface area contributed by atoms with Crippen LogP contribution >= 0.6 is 0 Å². The number of hydrogen-bond acceptors (Lipinski definition) is 2. The first kappa shape index (κ1) is 13.4. The maximum Gasteiger partial charge on any atom is 0.271 e. The summed E-state index contributed by atoms with van der Waals surface area (Å²) in [5.41, 5.74) is 11.6. The van der Waals surface area contributed by atoms with Crippen molar-refractivity contribution in [1.29, 1.82) is 0 Å². The van der Waals surface area contributed by atoms with Crippen LogP contribution in [0.15, 0.2) is 29.1 Å². The second kappa shape index (κ2) is 5.31. The summed E-state index contributed by atoms with van der Waals surface area (Å²) < 4.78 is 0. The average molecular weight is 256 g/mol. The van der Waals surface area contributed by atoms with Crippen LogP contribution in [0.2, 0.25) is 0 Å². The molecule has 1 aromatic carbocycles. The molecule has 1 aromatic heterocycles. The van der Waals surface area contributed by atoms with Gasteiger partial charge in [0, 0.05) is 12.1 Å². The molecule has 0 spiro atoms. The van der Waals surface area contributed by atoms with Crippen LogP contribution < -0.4 is 11.3 Å². The van der Waals surface area contributed by atoms with Crippen molar-refractivity contribution in [1.82, 2.24) is 4.98 Å². The molecule has 0 fully saturated rings. The summed E-state index contributed by atoms with van der Waals surface area (Å²) in [5, 5.41) is 0. The zero-order chi connectivity index (χ0) is 14.0. The lowest BCUT2D eigenvalue weighted by Gasteiger charge is -2.13. The van der Waals surface area contributed by atoms with Gasteiger partial charge in [-0.2, -0.15) is 0 Å². The predicted molar refractivity (Wildman–Crippen MR) is 79.6 cm³/mol. The molecule has 3 heteroatoms. The molecule has 0 aliphatic heterocycles. The van der Waals surface area contributed by atoms with Crippen LogP contribution in [0.1, 0.15) is 34.9 Å². The highest BCUT2D eigenvalue weighted by Crippen LogP contribution is 2.21. The van der Waals surface area contributed by atoms with Crippen molar-refractivity contribution in [3.8, 4) is 0 Å². The van der Waals surface area contributed by atoms with Gasteiger partial charge in [-0.3, -0.25) is 4.79 Å². The largest absolute Gasteiger partial charge is 0.394 e. The summed E-state index contributed by atoms with van der Waals surface area (Å²) in [6, 6.07) is 8.31. The van der Waals surface area contributed by atoms with E-state index in [2.05, 4.69) is 37.0 Å². The van der Waals surface area contributed by atoms with Gasteiger partial charge in [-0.05, 0) is 37.0 Å². The third kappa shape index (κ3) is 2.70. The number of nitrogens with one attached hydrogen (secondary N) is 1. The summed E-state index contributed by atoms with van der Waals surface area (Å²) >= 11 is 0. The zero-order valence-corrected chi connectivity index (χ0v) is 11.7. The monoisotopic (exact) mass is 256 g/mol. The number of pyridine rings is 1. The van der Waals surface area contributed by atoms with Gasteiger partial charge in [0.2, 0.25) is 0 Å². The molecule has 100 valence electrons. The molecule has 0 atom stereocenters. The van der Waals surface area contributed by atoms with Gasteiger partial charge in [0.15, 0.2) is 0 Å². The summed E-state index contributed by atoms with van der Waals surface area (Å²) in [5.74, 6) is 0. The third-order valence-corrected chi connectivity index (χ3v) is 3.50. The fourth-order valence-electron chi connectivity index (χ4n) is 2.55. The number of aromatic nitrogens is 1. The molecule has 0 unspecified atom stereocenters. The molecule has 0 aliphatic rings. The van der Waals surface area contributed by atoms with Crippen molar-refractivity contribution in [3.05, 3.63) is 62.6 Å². The molecule has 3 nitrogen and oxygen atoms in total. The third-order valence-electron chi connectivity index (χ3n) is 3.50. The van der Waals surface area contributed by atoms with Gasteiger partial charge in [-0.1, -0.05) is 36.8 Å². The highest BCUT2D eigenvalue weighted by molar-refractivity contribution is 5.52. The van der Waals surface area contributed by atoms with E-state index in [4.69, 9.17) is 5.73 Å². The minimum Gasteiger partial charge on any atom is -0.394 e. The highest BCUT2D eigenvalue weighted by atomic mass is 16.1. The number of rotatable bonds is 3. The second-order valence-corrected chi connectivity index (χ2v) is 4.97. The van der Waals surface area contributed by atoms with E-state index in [0.29, 0.717) is 12.1 Å². The normalized spacial score (nSPS) is 10.7. The van der Waals surface area contributed by atoms with E-state index in [-0.39, 0.29) is 5.56 Å². The van der Waals surface area contributed by atoms with E-state index < -0.39 is 0 Å². The van der Waals surface area contributed by atoms with Crippen molar-refractivity contribution in [2.24, 2.45) is 0 Å². The van der Waals surface area contributed by atoms with Crippen LogP contribution in [0.3, 0.4) is 0 Å². The Morgan fingerprint density at radius 2 is 1.95 bits per heavy atom. The number of hydrogen-bond donors (Lipinski definition) is 2. The van der Waals surface area contributed by atoms with Gasteiger partial charge in [-0.15, -0.1) is 0 Å². The summed E-state index contributed by atoms with van der Waals surface area (Å²) in [7, 11) is 0. The van der Waals surface area contributed by atoms with Crippen LogP contribution in [0.4, 0.5) is 5.69 Å². The molecule has 0 saturated carbocycles. The molecule has 19 heavy (non-hydrogen) atoms. The first-order valence-electron chi connectivity index (χ1n) is 6.58.